The SMILES string of the molecule is Cl.O=c1[nH]c2ncccc2cc1C1CCNCC1. The Labute approximate surface area is 111 Å². The highest BCUT2D eigenvalue weighted by Gasteiger charge is 2.18. The van der Waals surface area contributed by atoms with Crippen LogP contribution in [0.4, 0.5) is 0 Å². The van der Waals surface area contributed by atoms with Crippen LogP contribution in [0.25, 0.3) is 11.0 Å². The van der Waals surface area contributed by atoms with Crippen molar-refractivity contribution in [3.05, 3.63) is 40.3 Å². The van der Waals surface area contributed by atoms with E-state index in [1.165, 1.54) is 0 Å². The van der Waals surface area contributed by atoms with Crippen LogP contribution in [0.1, 0.15) is 24.3 Å². The van der Waals surface area contributed by atoms with E-state index < -0.39 is 0 Å². The Balaban J connectivity index is 0.00000120. The molecule has 1 fully saturated rings. The molecule has 1 aliphatic rings. The Kier molecular flexibility index (Phi) is 3.99. The number of pyridine rings is 2. The molecular formula is C13H16ClN3O. The first-order valence-electron chi connectivity index (χ1n) is 6.03. The van der Waals surface area contributed by atoms with Gasteiger partial charge in [-0.15, -0.1) is 12.4 Å². The van der Waals surface area contributed by atoms with E-state index >= 15 is 0 Å². The molecule has 2 aromatic rings. The summed E-state index contributed by atoms with van der Waals surface area (Å²) in [6.45, 7) is 1.99. The number of halogens is 1. The molecule has 0 bridgehead atoms. The van der Waals surface area contributed by atoms with Gasteiger partial charge in [0.05, 0.1) is 0 Å². The Hall–Kier alpha value is -1.39. The molecule has 0 spiro atoms. The maximum Gasteiger partial charge on any atom is 0.253 e. The van der Waals surface area contributed by atoms with Gasteiger partial charge in [-0.1, -0.05) is 0 Å². The first-order valence-corrected chi connectivity index (χ1v) is 6.03. The van der Waals surface area contributed by atoms with Gasteiger partial charge >= 0.3 is 0 Å². The van der Waals surface area contributed by atoms with Crippen LogP contribution in [0.3, 0.4) is 0 Å². The third kappa shape index (κ3) is 2.40. The molecule has 1 aliphatic heterocycles. The summed E-state index contributed by atoms with van der Waals surface area (Å²) < 4.78 is 0. The average Bonchev–Trinajstić information content (AvgIpc) is 2.39. The number of hydrogen-bond donors (Lipinski definition) is 2. The van der Waals surface area contributed by atoms with Gasteiger partial charge in [-0.05, 0) is 50.0 Å². The molecule has 0 atom stereocenters. The normalized spacial score (nSPS) is 16.4. The Morgan fingerprint density at radius 3 is 2.83 bits per heavy atom. The summed E-state index contributed by atoms with van der Waals surface area (Å²) in [6, 6.07) is 5.88. The minimum absolute atomic E-state index is 0. The van der Waals surface area contributed by atoms with Gasteiger partial charge in [0.2, 0.25) is 0 Å². The number of piperidine rings is 1. The van der Waals surface area contributed by atoms with E-state index in [0.717, 1.165) is 36.9 Å². The van der Waals surface area contributed by atoms with Crippen LogP contribution in [-0.4, -0.2) is 23.1 Å². The monoisotopic (exact) mass is 265 g/mol. The third-order valence-corrected chi connectivity index (χ3v) is 3.42. The zero-order valence-corrected chi connectivity index (χ0v) is 10.8. The number of aromatic amines is 1. The van der Waals surface area contributed by atoms with Crippen molar-refractivity contribution in [3.63, 3.8) is 0 Å². The third-order valence-electron chi connectivity index (χ3n) is 3.42. The van der Waals surface area contributed by atoms with Crippen LogP contribution in [0.15, 0.2) is 29.2 Å². The van der Waals surface area contributed by atoms with Crippen molar-refractivity contribution in [1.29, 1.82) is 0 Å². The standard InChI is InChI=1S/C13H15N3O.ClH/c17-13-11(9-3-6-14-7-4-9)8-10-2-1-5-15-12(10)16-13;/h1-2,5,8-9,14H,3-4,6-7H2,(H,15,16,17);1H. The molecule has 5 heteroatoms. The maximum absolute atomic E-state index is 12.0. The molecule has 0 amide bonds. The summed E-state index contributed by atoms with van der Waals surface area (Å²) in [6.07, 6.45) is 3.77. The number of nitrogens with one attached hydrogen (secondary N) is 2. The molecule has 0 radical (unpaired) electrons. The number of hydrogen-bond acceptors (Lipinski definition) is 3. The second-order valence-electron chi connectivity index (χ2n) is 4.52. The van der Waals surface area contributed by atoms with E-state index in [1.807, 2.05) is 18.2 Å². The summed E-state index contributed by atoms with van der Waals surface area (Å²) >= 11 is 0. The largest absolute Gasteiger partial charge is 0.317 e. The van der Waals surface area contributed by atoms with Crippen molar-refractivity contribution in [1.82, 2.24) is 15.3 Å². The van der Waals surface area contributed by atoms with Crippen LogP contribution >= 0.6 is 12.4 Å². The first-order chi connectivity index (χ1) is 8.34. The minimum atomic E-state index is 0. The lowest BCUT2D eigenvalue weighted by atomic mass is 9.91. The molecule has 0 unspecified atom stereocenters. The van der Waals surface area contributed by atoms with E-state index in [0.29, 0.717) is 11.6 Å². The lowest BCUT2D eigenvalue weighted by Crippen LogP contribution is -2.29. The van der Waals surface area contributed by atoms with Crippen molar-refractivity contribution in [2.24, 2.45) is 0 Å². The van der Waals surface area contributed by atoms with Crippen LogP contribution in [-0.2, 0) is 0 Å². The van der Waals surface area contributed by atoms with Crippen molar-refractivity contribution in [2.45, 2.75) is 18.8 Å². The Morgan fingerprint density at radius 1 is 1.28 bits per heavy atom. The minimum Gasteiger partial charge on any atom is -0.317 e. The molecule has 18 heavy (non-hydrogen) atoms. The van der Waals surface area contributed by atoms with E-state index in [4.69, 9.17) is 0 Å². The summed E-state index contributed by atoms with van der Waals surface area (Å²) in [4.78, 5) is 19.0. The lowest BCUT2D eigenvalue weighted by Gasteiger charge is -2.22. The van der Waals surface area contributed by atoms with Gasteiger partial charge < -0.3 is 10.3 Å². The van der Waals surface area contributed by atoms with E-state index in [-0.39, 0.29) is 18.0 Å². The number of H-pyrrole nitrogens is 1. The first kappa shape index (κ1) is 13.1. The predicted octanol–water partition coefficient (Wildman–Crippen LogP) is 1.81. The van der Waals surface area contributed by atoms with Gasteiger partial charge in [0.15, 0.2) is 0 Å². The molecule has 3 heterocycles. The second kappa shape index (κ2) is 5.50. The summed E-state index contributed by atoms with van der Waals surface area (Å²) in [7, 11) is 0. The molecule has 4 nitrogen and oxygen atoms in total. The highest BCUT2D eigenvalue weighted by Crippen LogP contribution is 2.23. The summed E-state index contributed by atoms with van der Waals surface area (Å²) in [5.74, 6) is 0.379. The van der Waals surface area contributed by atoms with Crippen LogP contribution in [0, 0.1) is 0 Å². The Bertz CT molecular complexity index is 590. The molecule has 3 rings (SSSR count). The van der Waals surface area contributed by atoms with E-state index in [1.54, 1.807) is 6.20 Å². The van der Waals surface area contributed by atoms with Crippen molar-refractivity contribution in [3.8, 4) is 0 Å². The zero-order valence-electron chi connectivity index (χ0n) is 9.98. The molecule has 0 aliphatic carbocycles. The molecule has 96 valence electrons. The maximum atomic E-state index is 12.0. The number of rotatable bonds is 1. The highest BCUT2D eigenvalue weighted by molar-refractivity contribution is 5.85. The fourth-order valence-electron chi connectivity index (χ4n) is 2.49. The zero-order chi connectivity index (χ0) is 11.7. The summed E-state index contributed by atoms with van der Waals surface area (Å²) in [5.41, 5.74) is 1.60. The molecule has 0 saturated carbocycles. The molecular weight excluding hydrogens is 250 g/mol. The average molecular weight is 266 g/mol. The van der Waals surface area contributed by atoms with E-state index in [2.05, 4.69) is 15.3 Å². The quantitative estimate of drug-likeness (QED) is 0.827. The lowest BCUT2D eigenvalue weighted by molar-refractivity contribution is 0.458. The van der Waals surface area contributed by atoms with Gasteiger partial charge in [0.1, 0.15) is 5.65 Å². The van der Waals surface area contributed by atoms with Crippen LogP contribution in [0.5, 0.6) is 0 Å². The second-order valence-corrected chi connectivity index (χ2v) is 4.52. The topological polar surface area (TPSA) is 57.8 Å². The van der Waals surface area contributed by atoms with Gasteiger partial charge in [0, 0.05) is 17.1 Å². The highest BCUT2D eigenvalue weighted by atomic mass is 35.5. The van der Waals surface area contributed by atoms with Crippen molar-refractivity contribution >= 4 is 23.4 Å². The van der Waals surface area contributed by atoms with Gasteiger partial charge in [-0.3, -0.25) is 4.79 Å². The molecule has 2 aromatic heterocycles. The predicted molar refractivity (Wildman–Crippen MR) is 74.5 cm³/mol. The number of nitrogens with zero attached hydrogens (tertiary/aromatic N) is 1. The smallest absolute Gasteiger partial charge is 0.253 e. The van der Waals surface area contributed by atoms with Gasteiger partial charge in [0.25, 0.3) is 5.56 Å². The van der Waals surface area contributed by atoms with Gasteiger partial charge in [-0.2, -0.15) is 0 Å². The van der Waals surface area contributed by atoms with Crippen molar-refractivity contribution in [2.75, 3.05) is 13.1 Å². The van der Waals surface area contributed by atoms with Gasteiger partial charge in [-0.25, -0.2) is 4.98 Å². The molecule has 1 saturated heterocycles. The van der Waals surface area contributed by atoms with Crippen molar-refractivity contribution < 1.29 is 0 Å². The fourth-order valence-corrected chi connectivity index (χ4v) is 2.49. The fraction of sp³-hybridized carbons (Fsp3) is 0.385. The molecule has 2 N–H and O–H groups in total. The molecule has 0 aromatic carbocycles. The van der Waals surface area contributed by atoms with Crippen LogP contribution < -0.4 is 10.9 Å². The summed E-state index contributed by atoms with van der Waals surface area (Å²) in [5, 5.41) is 4.33. The van der Waals surface area contributed by atoms with E-state index in [9.17, 15) is 4.79 Å². The number of aromatic nitrogens is 2. The number of fused-ring (bicyclic) bond motifs is 1. The Morgan fingerprint density at radius 2 is 2.06 bits per heavy atom. The van der Waals surface area contributed by atoms with Crippen LogP contribution in [0.2, 0.25) is 0 Å².